The van der Waals surface area contributed by atoms with Crippen molar-refractivity contribution in [1.82, 2.24) is 10.2 Å². The quantitative estimate of drug-likeness (QED) is 0.866. The molecule has 1 aliphatic rings. The Morgan fingerprint density at radius 2 is 2.08 bits per heavy atom. The van der Waals surface area contributed by atoms with Gasteiger partial charge in [0.2, 0.25) is 11.8 Å². The molecule has 0 aliphatic carbocycles. The number of hydrogen-bond acceptors (Lipinski definition) is 6. The monoisotopic (exact) mass is 340 g/mol. The van der Waals surface area contributed by atoms with Crippen LogP contribution in [-0.4, -0.2) is 23.4 Å². The van der Waals surface area contributed by atoms with Crippen molar-refractivity contribution in [3.05, 3.63) is 52.5 Å². The first kappa shape index (κ1) is 16.9. The highest BCUT2D eigenvalue weighted by molar-refractivity contribution is 5.55. The van der Waals surface area contributed by atoms with E-state index in [2.05, 4.69) is 16.3 Å². The first-order valence-electron chi connectivity index (χ1n) is 7.95. The van der Waals surface area contributed by atoms with Crippen molar-refractivity contribution in [3.8, 4) is 17.7 Å². The molecule has 0 amide bonds. The maximum Gasteiger partial charge on any atom is 0.244 e. The predicted octanol–water partition coefficient (Wildman–Crippen LogP) is 2.56. The van der Waals surface area contributed by atoms with Crippen LogP contribution >= 0.6 is 0 Å². The second kappa shape index (κ2) is 6.87. The van der Waals surface area contributed by atoms with Crippen molar-refractivity contribution < 1.29 is 14.2 Å². The molecule has 7 heteroatoms. The fraction of sp³-hybridized carbons (Fsp3) is 0.333. The van der Waals surface area contributed by atoms with Crippen molar-refractivity contribution in [3.63, 3.8) is 0 Å². The molecule has 0 saturated heterocycles. The van der Waals surface area contributed by atoms with Gasteiger partial charge >= 0.3 is 0 Å². The van der Waals surface area contributed by atoms with E-state index in [0.29, 0.717) is 18.1 Å². The standard InChI is InChI=1S/C18H20N4O3/c1-10(2)24-12-6-4-11(5-7-12)15-13(8-19)17(20)25-18-16(15)14(9-23-3)21-22-18/h4-7,10,15H,9,20H2,1-3H3,(H,21,22)/t15-/m0/s1. The third kappa shape index (κ3) is 3.16. The van der Waals surface area contributed by atoms with Crippen molar-refractivity contribution in [2.45, 2.75) is 32.5 Å². The molecule has 2 aromatic rings. The second-order valence-corrected chi connectivity index (χ2v) is 6.01. The molecule has 0 fully saturated rings. The molecule has 0 spiro atoms. The number of aromatic nitrogens is 2. The molecule has 1 aliphatic heterocycles. The number of hydrogen-bond donors (Lipinski definition) is 2. The summed E-state index contributed by atoms with van der Waals surface area (Å²) in [5, 5.41) is 16.7. The van der Waals surface area contributed by atoms with E-state index in [1.165, 1.54) is 0 Å². The highest BCUT2D eigenvalue weighted by Gasteiger charge is 2.35. The molecule has 0 bridgehead atoms. The largest absolute Gasteiger partial charge is 0.491 e. The zero-order chi connectivity index (χ0) is 18.0. The van der Waals surface area contributed by atoms with E-state index in [1.54, 1.807) is 7.11 Å². The summed E-state index contributed by atoms with van der Waals surface area (Å²) < 4.78 is 16.4. The van der Waals surface area contributed by atoms with Crippen LogP contribution in [-0.2, 0) is 11.3 Å². The molecule has 1 aromatic heterocycles. The Labute approximate surface area is 146 Å². The van der Waals surface area contributed by atoms with Crippen molar-refractivity contribution >= 4 is 0 Å². The van der Waals surface area contributed by atoms with Crippen LogP contribution in [0.4, 0.5) is 0 Å². The Bertz CT molecular complexity index is 831. The molecule has 7 nitrogen and oxygen atoms in total. The van der Waals surface area contributed by atoms with Gasteiger partial charge in [-0.1, -0.05) is 12.1 Å². The van der Waals surface area contributed by atoms with Crippen LogP contribution in [0.25, 0.3) is 0 Å². The molecular formula is C18H20N4O3. The van der Waals surface area contributed by atoms with E-state index in [4.69, 9.17) is 19.9 Å². The molecule has 3 N–H and O–H groups in total. The molecule has 1 atom stereocenters. The molecule has 0 unspecified atom stereocenters. The van der Waals surface area contributed by atoms with Crippen LogP contribution in [0.15, 0.2) is 35.7 Å². The summed E-state index contributed by atoms with van der Waals surface area (Å²) >= 11 is 0. The Balaban J connectivity index is 2.06. The lowest BCUT2D eigenvalue weighted by molar-refractivity contribution is 0.180. The van der Waals surface area contributed by atoms with Crippen molar-refractivity contribution in [2.24, 2.45) is 5.73 Å². The first-order valence-corrected chi connectivity index (χ1v) is 7.95. The van der Waals surface area contributed by atoms with Gasteiger partial charge in [-0.3, -0.25) is 5.10 Å². The van der Waals surface area contributed by atoms with Crippen LogP contribution in [0.3, 0.4) is 0 Å². The van der Waals surface area contributed by atoms with Gasteiger partial charge in [0.05, 0.1) is 29.9 Å². The van der Waals surface area contributed by atoms with E-state index >= 15 is 0 Å². The fourth-order valence-electron chi connectivity index (χ4n) is 2.91. The van der Waals surface area contributed by atoms with Gasteiger partial charge in [-0.15, -0.1) is 5.10 Å². The van der Waals surface area contributed by atoms with Gasteiger partial charge in [0.1, 0.15) is 17.4 Å². The zero-order valence-corrected chi connectivity index (χ0v) is 14.4. The minimum absolute atomic E-state index is 0.0676. The van der Waals surface area contributed by atoms with E-state index in [0.717, 1.165) is 22.6 Å². The maximum absolute atomic E-state index is 9.60. The predicted molar refractivity (Wildman–Crippen MR) is 90.8 cm³/mol. The number of nitriles is 1. The summed E-state index contributed by atoms with van der Waals surface area (Å²) in [6.45, 7) is 4.27. The van der Waals surface area contributed by atoms with E-state index in [1.807, 2.05) is 38.1 Å². The number of nitrogens with zero attached hydrogens (tertiary/aromatic N) is 2. The minimum Gasteiger partial charge on any atom is -0.491 e. The van der Waals surface area contributed by atoms with Crippen LogP contribution in [0, 0.1) is 11.3 Å². The molecule has 130 valence electrons. The summed E-state index contributed by atoms with van der Waals surface area (Å²) in [5.41, 5.74) is 8.71. The Morgan fingerprint density at radius 3 is 2.68 bits per heavy atom. The van der Waals surface area contributed by atoms with Gasteiger partial charge < -0.3 is 19.9 Å². The summed E-state index contributed by atoms with van der Waals surface area (Å²) in [5.74, 6) is 0.839. The number of aromatic amines is 1. The highest BCUT2D eigenvalue weighted by atomic mass is 16.5. The number of ether oxygens (including phenoxy) is 3. The van der Waals surface area contributed by atoms with E-state index in [9.17, 15) is 5.26 Å². The molecule has 2 heterocycles. The second-order valence-electron chi connectivity index (χ2n) is 6.01. The Hall–Kier alpha value is -2.98. The maximum atomic E-state index is 9.60. The van der Waals surface area contributed by atoms with E-state index in [-0.39, 0.29) is 17.9 Å². The summed E-state index contributed by atoms with van der Waals surface area (Å²) in [6, 6.07) is 9.77. The fourth-order valence-corrected chi connectivity index (χ4v) is 2.91. The van der Waals surface area contributed by atoms with Gasteiger partial charge in [-0.2, -0.15) is 5.26 Å². The van der Waals surface area contributed by atoms with Crippen molar-refractivity contribution in [1.29, 1.82) is 5.26 Å². The minimum atomic E-state index is -0.370. The summed E-state index contributed by atoms with van der Waals surface area (Å²) in [6.07, 6.45) is 0.0907. The number of methoxy groups -OCH3 is 1. The van der Waals surface area contributed by atoms with E-state index < -0.39 is 0 Å². The van der Waals surface area contributed by atoms with Crippen molar-refractivity contribution in [2.75, 3.05) is 7.11 Å². The van der Waals surface area contributed by atoms with Crippen LogP contribution in [0.1, 0.15) is 36.6 Å². The smallest absolute Gasteiger partial charge is 0.244 e. The molecule has 25 heavy (non-hydrogen) atoms. The Morgan fingerprint density at radius 1 is 1.36 bits per heavy atom. The number of H-pyrrole nitrogens is 1. The summed E-state index contributed by atoms with van der Waals surface area (Å²) in [4.78, 5) is 0. The molecule has 0 radical (unpaired) electrons. The lowest BCUT2D eigenvalue weighted by Crippen LogP contribution is -2.21. The number of nitrogens with two attached hydrogens (primary N) is 1. The van der Waals surface area contributed by atoms with Gasteiger partial charge in [0.15, 0.2) is 0 Å². The number of rotatable bonds is 5. The van der Waals surface area contributed by atoms with Gasteiger partial charge in [0, 0.05) is 7.11 Å². The van der Waals surface area contributed by atoms with Gasteiger partial charge in [0.25, 0.3) is 0 Å². The number of fused-ring (bicyclic) bond motifs is 1. The first-order chi connectivity index (χ1) is 12.0. The normalized spacial score (nSPS) is 16.4. The number of benzene rings is 1. The third-order valence-corrected chi connectivity index (χ3v) is 3.89. The van der Waals surface area contributed by atoms with Gasteiger partial charge in [-0.25, -0.2) is 0 Å². The van der Waals surface area contributed by atoms with Crippen LogP contribution in [0.5, 0.6) is 11.6 Å². The average Bonchev–Trinajstić information content (AvgIpc) is 2.96. The molecule has 1 aromatic carbocycles. The topological polar surface area (TPSA) is 106 Å². The number of nitrogens with one attached hydrogen (secondary N) is 1. The lowest BCUT2D eigenvalue weighted by Gasteiger charge is -2.24. The van der Waals surface area contributed by atoms with Crippen LogP contribution < -0.4 is 15.2 Å². The lowest BCUT2D eigenvalue weighted by atomic mass is 9.84. The summed E-state index contributed by atoms with van der Waals surface area (Å²) in [7, 11) is 1.60. The third-order valence-electron chi connectivity index (χ3n) is 3.89. The highest BCUT2D eigenvalue weighted by Crippen LogP contribution is 2.43. The van der Waals surface area contributed by atoms with Gasteiger partial charge in [-0.05, 0) is 31.5 Å². The average molecular weight is 340 g/mol. The molecular weight excluding hydrogens is 320 g/mol. The Kier molecular flexibility index (Phi) is 4.63. The van der Waals surface area contributed by atoms with Crippen LogP contribution in [0.2, 0.25) is 0 Å². The SMILES string of the molecule is COCc1[nH]nc2c1[C@@H](c1ccc(OC(C)C)cc1)C(C#N)=C(N)O2. The molecule has 0 saturated carbocycles. The molecule has 3 rings (SSSR count). The number of allylic oxidation sites excluding steroid dienone is 1. The zero-order valence-electron chi connectivity index (χ0n) is 14.4.